The van der Waals surface area contributed by atoms with Crippen molar-refractivity contribution in [2.24, 2.45) is 5.11 Å². The van der Waals surface area contributed by atoms with E-state index in [4.69, 9.17) is 25.8 Å². The number of nitrogens with zero attached hydrogens (tertiary/aromatic N) is 7. The number of nitrogens with two attached hydrogens (primary N) is 1. The topological polar surface area (TPSA) is 157 Å². The van der Waals surface area contributed by atoms with E-state index in [1.54, 1.807) is 4.57 Å². The minimum atomic E-state index is -0.687. The Bertz CT molecular complexity index is 694. The van der Waals surface area contributed by atoms with Crippen LogP contribution in [0, 0.1) is 0 Å². The number of hydrogen-bond acceptors (Lipinski definition) is 8. The molecule has 2 atom stereocenters. The van der Waals surface area contributed by atoms with Crippen LogP contribution in [0.3, 0.4) is 0 Å². The maximum Gasteiger partial charge on any atom is 0.222 e. The van der Waals surface area contributed by atoms with Crippen LogP contribution >= 0.6 is 0 Å². The lowest BCUT2D eigenvalue weighted by Crippen LogP contribution is -2.15. The van der Waals surface area contributed by atoms with Crippen LogP contribution in [0.2, 0.25) is 0 Å². The summed E-state index contributed by atoms with van der Waals surface area (Å²) in [5, 5.41) is 12.4. The normalized spacial score (nSPS) is 22.1. The first-order chi connectivity index (χ1) is 9.72. The summed E-state index contributed by atoms with van der Waals surface area (Å²) in [6.07, 6.45) is 0.279. The summed E-state index contributed by atoms with van der Waals surface area (Å²) in [4.78, 5) is 14.6. The highest BCUT2D eigenvalue weighted by atomic mass is 16.7. The lowest BCUT2D eigenvalue weighted by atomic mass is 10.5. The van der Waals surface area contributed by atoms with Crippen molar-refractivity contribution in [3.63, 3.8) is 0 Å². The van der Waals surface area contributed by atoms with Gasteiger partial charge in [-0.25, -0.2) is 9.97 Å². The molecule has 3 rings (SSSR count). The third-order valence-corrected chi connectivity index (χ3v) is 2.75. The minimum Gasteiger partial charge on any atom is -0.391 e. The van der Waals surface area contributed by atoms with Crippen molar-refractivity contribution in [1.82, 2.24) is 19.5 Å². The van der Waals surface area contributed by atoms with Crippen LogP contribution < -0.4 is 5.73 Å². The number of nitrogen functional groups attached to an aromatic ring is 1. The predicted molar refractivity (Wildman–Crippen MR) is 65.5 cm³/mol. The maximum absolute atomic E-state index is 8.98. The van der Waals surface area contributed by atoms with Gasteiger partial charge in [-0.1, -0.05) is 0 Å². The number of imidazole rings is 1. The van der Waals surface area contributed by atoms with Crippen LogP contribution in [-0.4, -0.2) is 44.1 Å². The number of hydrogen-bond donors (Lipinski definition) is 2. The largest absolute Gasteiger partial charge is 0.391 e. The van der Waals surface area contributed by atoms with E-state index in [0.717, 1.165) is 0 Å². The highest BCUT2D eigenvalue weighted by Gasteiger charge is 2.28. The molecule has 104 valence electrons. The second-order valence-corrected chi connectivity index (χ2v) is 3.96. The fraction of sp³-hybridized carbons (Fsp3) is 0.444. The number of ether oxygens (including phenoxy) is 2. The molecule has 3 N–H and O–H groups in total. The lowest BCUT2D eigenvalue weighted by Gasteiger charge is -2.11. The van der Waals surface area contributed by atoms with E-state index < -0.39 is 12.5 Å². The van der Waals surface area contributed by atoms with Gasteiger partial charge >= 0.3 is 0 Å². The summed E-state index contributed by atoms with van der Waals surface area (Å²) >= 11 is 0. The quantitative estimate of drug-likeness (QED) is 0.461. The monoisotopic (exact) mass is 278 g/mol. The third kappa shape index (κ3) is 2.00. The molecule has 0 spiro atoms. The van der Waals surface area contributed by atoms with Crippen LogP contribution in [-0.2, 0) is 9.47 Å². The minimum absolute atomic E-state index is 0.0423. The molecule has 20 heavy (non-hydrogen) atoms. The highest BCUT2D eigenvalue weighted by molar-refractivity contribution is 5.82. The smallest absolute Gasteiger partial charge is 0.222 e. The number of aliphatic hydroxyl groups is 1. The van der Waals surface area contributed by atoms with Crippen molar-refractivity contribution in [3.8, 4) is 0 Å². The Morgan fingerprint density at radius 3 is 3.15 bits per heavy atom. The standard InChI is InChI=1S/C9H10N8O3/c10-9-13-7(15-16-11)6-8(14-9)17(3-12-6)4-2-19-5(1-18)20-4/h3-5,18H,1-2H2,(H2,10,13,14)/t4-,5-/m1/s1. The fourth-order valence-corrected chi connectivity index (χ4v) is 1.93. The van der Waals surface area contributed by atoms with Gasteiger partial charge in [-0.05, 0) is 10.6 Å². The number of aliphatic hydroxyl groups excluding tert-OH is 1. The summed E-state index contributed by atoms with van der Waals surface area (Å²) in [6.45, 7) is -0.0122. The molecule has 0 aliphatic carbocycles. The van der Waals surface area contributed by atoms with Gasteiger partial charge in [-0.3, -0.25) is 4.57 Å². The van der Waals surface area contributed by atoms with Gasteiger partial charge in [0, 0.05) is 4.91 Å². The van der Waals surface area contributed by atoms with Crippen molar-refractivity contribution in [3.05, 3.63) is 16.8 Å². The molecule has 0 aromatic carbocycles. The summed E-state index contributed by atoms with van der Waals surface area (Å²) in [5.74, 6) is 0.00523. The molecule has 11 heteroatoms. The first-order valence-electron chi connectivity index (χ1n) is 5.66. The molecule has 1 aliphatic heterocycles. The van der Waals surface area contributed by atoms with Gasteiger partial charge in [0.1, 0.15) is 5.52 Å². The Hall–Kier alpha value is -2.46. The first kappa shape index (κ1) is 12.6. The second kappa shape index (κ2) is 4.90. The van der Waals surface area contributed by atoms with Crippen molar-refractivity contribution < 1.29 is 14.6 Å². The van der Waals surface area contributed by atoms with E-state index in [9.17, 15) is 0 Å². The van der Waals surface area contributed by atoms with Gasteiger partial charge < -0.3 is 20.3 Å². The van der Waals surface area contributed by atoms with E-state index in [-0.39, 0.29) is 25.0 Å². The average molecular weight is 278 g/mol. The molecular weight excluding hydrogens is 268 g/mol. The number of azide groups is 1. The SMILES string of the molecule is [N-]=[N+]=Nc1nc(N)nc2c1ncn2[C@H]1CO[C@@H](CO)O1. The summed E-state index contributed by atoms with van der Waals surface area (Å²) < 4.78 is 12.2. The summed E-state index contributed by atoms with van der Waals surface area (Å²) in [5.41, 5.74) is 14.8. The molecule has 0 amide bonds. The van der Waals surface area contributed by atoms with Gasteiger partial charge in [0.2, 0.25) is 5.95 Å². The molecule has 0 radical (unpaired) electrons. The first-order valence-corrected chi connectivity index (χ1v) is 5.66. The molecule has 3 heterocycles. The van der Waals surface area contributed by atoms with Gasteiger partial charge in [0.05, 0.1) is 19.5 Å². The van der Waals surface area contributed by atoms with Crippen molar-refractivity contribution in [1.29, 1.82) is 0 Å². The molecule has 11 nitrogen and oxygen atoms in total. The molecular formula is C9H10N8O3. The van der Waals surface area contributed by atoms with Crippen LogP contribution in [0.15, 0.2) is 11.4 Å². The van der Waals surface area contributed by atoms with Crippen LogP contribution in [0.4, 0.5) is 11.8 Å². The van der Waals surface area contributed by atoms with Gasteiger partial charge in [-0.15, -0.1) is 0 Å². The van der Waals surface area contributed by atoms with Crippen LogP contribution in [0.5, 0.6) is 0 Å². The van der Waals surface area contributed by atoms with E-state index in [0.29, 0.717) is 11.2 Å². The Kier molecular flexibility index (Phi) is 3.08. The number of aromatic nitrogens is 4. The Balaban J connectivity index is 2.07. The zero-order valence-electron chi connectivity index (χ0n) is 10.1. The van der Waals surface area contributed by atoms with E-state index in [2.05, 4.69) is 25.0 Å². The lowest BCUT2D eigenvalue weighted by molar-refractivity contribution is -0.0980. The molecule has 2 aromatic rings. The molecule has 0 unspecified atom stereocenters. The Labute approximate surface area is 111 Å². The second-order valence-electron chi connectivity index (χ2n) is 3.96. The fourth-order valence-electron chi connectivity index (χ4n) is 1.93. The maximum atomic E-state index is 8.98. The Morgan fingerprint density at radius 1 is 1.60 bits per heavy atom. The highest BCUT2D eigenvalue weighted by Crippen LogP contribution is 2.28. The van der Waals surface area contributed by atoms with Crippen molar-refractivity contribution in [2.75, 3.05) is 18.9 Å². The number of anilines is 1. The molecule has 1 fully saturated rings. The summed E-state index contributed by atoms with van der Waals surface area (Å²) in [6, 6.07) is 0. The van der Waals surface area contributed by atoms with Gasteiger partial charge in [-0.2, -0.15) is 4.98 Å². The van der Waals surface area contributed by atoms with E-state index in [1.807, 2.05) is 0 Å². The molecule has 0 bridgehead atoms. The molecule has 2 aromatic heterocycles. The summed E-state index contributed by atoms with van der Waals surface area (Å²) in [7, 11) is 0. The zero-order valence-corrected chi connectivity index (χ0v) is 10.1. The van der Waals surface area contributed by atoms with E-state index >= 15 is 0 Å². The zero-order chi connectivity index (χ0) is 14.1. The Morgan fingerprint density at radius 2 is 2.45 bits per heavy atom. The van der Waals surface area contributed by atoms with Crippen LogP contribution in [0.1, 0.15) is 6.23 Å². The predicted octanol–water partition coefficient (Wildman–Crippen LogP) is 0.214. The number of fused-ring (bicyclic) bond motifs is 1. The van der Waals surface area contributed by atoms with Crippen molar-refractivity contribution >= 4 is 22.9 Å². The average Bonchev–Trinajstić information content (AvgIpc) is 3.04. The number of rotatable bonds is 3. The molecule has 0 saturated carbocycles. The molecule has 1 saturated heterocycles. The third-order valence-electron chi connectivity index (χ3n) is 2.75. The van der Waals surface area contributed by atoms with Gasteiger partial charge in [0.15, 0.2) is 24.0 Å². The van der Waals surface area contributed by atoms with E-state index in [1.165, 1.54) is 6.33 Å². The molecule has 1 aliphatic rings. The van der Waals surface area contributed by atoms with Crippen molar-refractivity contribution in [2.45, 2.75) is 12.5 Å². The van der Waals surface area contributed by atoms with Gasteiger partial charge in [0.25, 0.3) is 0 Å². The van der Waals surface area contributed by atoms with Crippen LogP contribution in [0.25, 0.3) is 21.6 Å².